The van der Waals surface area contributed by atoms with Crippen molar-refractivity contribution in [2.45, 2.75) is 32.9 Å². The van der Waals surface area contributed by atoms with Gasteiger partial charge in [0.2, 0.25) is 5.91 Å². The van der Waals surface area contributed by atoms with E-state index in [9.17, 15) is 9.59 Å². The van der Waals surface area contributed by atoms with E-state index < -0.39 is 6.04 Å². The van der Waals surface area contributed by atoms with Crippen molar-refractivity contribution >= 4 is 38.5 Å². The second-order valence-electron chi connectivity index (χ2n) is 6.60. The fourth-order valence-corrected chi connectivity index (χ4v) is 3.88. The second-order valence-corrected chi connectivity index (χ2v) is 7.52. The maximum absolute atomic E-state index is 13.0. The van der Waals surface area contributed by atoms with Crippen molar-refractivity contribution in [1.82, 2.24) is 19.5 Å². The Bertz CT molecular complexity index is 1240. The molecule has 4 aromatic rings. The summed E-state index contributed by atoms with van der Waals surface area (Å²) in [4.78, 5) is 25.8. The first-order chi connectivity index (χ1) is 13.5. The zero-order valence-electron chi connectivity index (χ0n) is 15.5. The van der Waals surface area contributed by atoms with Crippen molar-refractivity contribution in [3.63, 3.8) is 0 Å². The average molecular weight is 443 g/mol. The van der Waals surface area contributed by atoms with Gasteiger partial charge in [0.05, 0.1) is 11.8 Å². The quantitative estimate of drug-likeness (QED) is 0.511. The molecule has 1 atom stereocenters. The van der Waals surface area contributed by atoms with Crippen LogP contribution in [0.1, 0.15) is 30.8 Å². The smallest absolute Gasteiger partial charge is 0.291 e. The number of nitrogens with zero attached hydrogens (tertiary/aromatic N) is 3. The highest BCUT2D eigenvalue weighted by Crippen LogP contribution is 2.21. The number of carbonyl (C=O) groups is 1. The van der Waals surface area contributed by atoms with Crippen LogP contribution in [0.15, 0.2) is 56.3 Å². The number of halogens is 1. The molecular formula is C20H19BrN4O3. The molecule has 0 saturated heterocycles. The SMILES string of the molecule is CCC(C(=O)NCc1cccc(Br)c1)n1nc(C)n2c(cc3occc32)c1=O. The molecular weight excluding hydrogens is 424 g/mol. The van der Waals surface area contributed by atoms with Gasteiger partial charge in [0, 0.05) is 23.2 Å². The Morgan fingerprint density at radius 2 is 2.11 bits per heavy atom. The van der Waals surface area contributed by atoms with Gasteiger partial charge < -0.3 is 9.73 Å². The van der Waals surface area contributed by atoms with Crippen LogP contribution < -0.4 is 10.9 Å². The van der Waals surface area contributed by atoms with Crippen LogP contribution in [0.2, 0.25) is 0 Å². The summed E-state index contributed by atoms with van der Waals surface area (Å²) in [6.07, 6.45) is 2.02. The molecule has 8 heteroatoms. The average Bonchev–Trinajstić information content (AvgIpc) is 3.26. The molecule has 144 valence electrons. The lowest BCUT2D eigenvalue weighted by Crippen LogP contribution is -2.39. The van der Waals surface area contributed by atoms with Crippen molar-refractivity contribution in [3.8, 4) is 0 Å². The minimum atomic E-state index is -0.690. The molecule has 0 aliphatic heterocycles. The molecule has 1 amide bonds. The van der Waals surface area contributed by atoms with E-state index >= 15 is 0 Å². The standard InChI is InChI=1S/C20H19BrN4O3/c1-3-15(19(26)22-11-13-5-4-6-14(21)9-13)25-20(27)17-10-18-16(7-8-28-18)24(17)12(2)23-25/h4-10,15H,3,11H2,1-2H3,(H,22,26). The molecule has 3 heterocycles. The van der Waals surface area contributed by atoms with E-state index in [2.05, 4.69) is 26.3 Å². The van der Waals surface area contributed by atoms with Crippen LogP contribution in [-0.2, 0) is 11.3 Å². The van der Waals surface area contributed by atoms with E-state index in [1.807, 2.05) is 38.1 Å². The number of benzene rings is 1. The Morgan fingerprint density at radius 1 is 1.29 bits per heavy atom. The van der Waals surface area contributed by atoms with Gasteiger partial charge in [-0.1, -0.05) is 35.0 Å². The number of nitrogens with one attached hydrogen (secondary N) is 1. The summed E-state index contributed by atoms with van der Waals surface area (Å²) in [5.41, 5.74) is 2.50. The van der Waals surface area contributed by atoms with Gasteiger partial charge in [0.1, 0.15) is 17.4 Å². The number of hydrogen-bond donors (Lipinski definition) is 1. The van der Waals surface area contributed by atoms with Crippen LogP contribution >= 0.6 is 15.9 Å². The highest BCUT2D eigenvalue weighted by atomic mass is 79.9. The van der Waals surface area contributed by atoms with E-state index in [0.29, 0.717) is 29.9 Å². The Balaban J connectivity index is 1.67. The van der Waals surface area contributed by atoms with Crippen molar-refractivity contribution in [2.75, 3.05) is 0 Å². The van der Waals surface area contributed by atoms with Crippen LogP contribution in [0.4, 0.5) is 0 Å². The molecule has 1 unspecified atom stereocenters. The van der Waals surface area contributed by atoms with E-state index in [1.54, 1.807) is 22.8 Å². The van der Waals surface area contributed by atoms with Crippen LogP contribution in [0.3, 0.4) is 0 Å². The topological polar surface area (TPSA) is 81.5 Å². The Morgan fingerprint density at radius 3 is 2.86 bits per heavy atom. The van der Waals surface area contributed by atoms with Crippen LogP contribution in [0.25, 0.3) is 16.6 Å². The van der Waals surface area contributed by atoms with E-state index in [0.717, 1.165) is 15.6 Å². The lowest BCUT2D eigenvalue weighted by atomic mass is 10.2. The molecule has 4 rings (SSSR count). The third kappa shape index (κ3) is 3.13. The third-order valence-corrected chi connectivity index (χ3v) is 5.26. The van der Waals surface area contributed by atoms with Crippen molar-refractivity contribution < 1.29 is 9.21 Å². The number of furan rings is 1. The van der Waals surface area contributed by atoms with E-state index in [-0.39, 0.29) is 11.5 Å². The van der Waals surface area contributed by atoms with Crippen LogP contribution in [0.5, 0.6) is 0 Å². The van der Waals surface area contributed by atoms with Gasteiger partial charge in [-0.25, -0.2) is 4.68 Å². The second kappa shape index (κ2) is 7.27. The summed E-state index contributed by atoms with van der Waals surface area (Å²) in [5, 5.41) is 7.33. The first-order valence-corrected chi connectivity index (χ1v) is 9.79. The number of aromatic nitrogens is 3. The monoisotopic (exact) mass is 442 g/mol. The number of aryl methyl sites for hydroxylation is 1. The molecule has 7 nitrogen and oxygen atoms in total. The summed E-state index contributed by atoms with van der Waals surface area (Å²) in [6, 6.07) is 10.5. The molecule has 28 heavy (non-hydrogen) atoms. The summed E-state index contributed by atoms with van der Waals surface area (Å²) >= 11 is 3.42. The van der Waals surface area contributed by atoms with Gasteiger partial charge in [0.25, 0.3) is 5.56 Å². The number of fused-ring (bicyclic) bond motifs is 3. The maximum Gasteiger partial charge on any atom is 0.291 e. The fraction of sp³-hybridized carbons (Fsp3) is 0.250. The summed E-state index contributed by atoms with van der Waals surface area (Å²) < 4.78 is 9.38. The minimum absolute atomic E-state index is 0.240. The lowest BCUT2D eigenvalue weighted by molar-refractivity contribution is -0.125. The molecule has 1 N–H and O–H groups in total. The summed E-state index contributed by atoms with van der Waals surface area (Å²) in [5.74, 6) is 0.375. The molecule has 0 saturated carbocycles. The van der Waals surface area contributed by atoms with Crippen molar-refractivity contribution in [1.29, 1.82) is 0 Å². The predicted octanol–water partition coefficient (Wildman–Crippen LogP) is 3.58. The van der Waals surface area contributed by atoms with Crippen LogP contribution in [-0.4, -0.2) is 20.1 Å². The molecule has 0 fully saturated rings. The van der Waals surface area contributed by atoms with Crippen molar-refractivity contribution in [3.05, 3.63) is 68.9 Å². The molecule has 0 spiro atoms. The number of hydrogen-bond acceptors (Lipinski definition) is 4. The normalized spacial score (nSPS) is 12.5. The van der Waals surface area contributed by atoms with Gasteiger partial charge in [-0.05, 0) is 31.0 Å². The Kier molecular flexibility index (Phi) is 4.80. The van der Waals surface area contributed by atoms with Crippen molar-refractivity contribution in [2.24, 2.45) is 0 Å². The van der Waals surface area contributed by atoms with E-state index in [4.69, 9.17) is 4.42 Å². The van der Waals surface area contributed by atoms with Gasteiger partial charge in [-0.2, -0.15) is 5.10 Å². The predicted molar refractivity (Wildman–Crippen MR) is 109 cm³/mol. The highest BCUT2D eigenvalue weighted by molar-refractivity contribution is 9.10. The fourth-order valence-electron chi connectivity index (χ4n) is 3.43. The first-order valence-electron chi connectivity index (χ1n) is 9.00. The summed E-state index contributed by atoms with van der Waals surface area (Å²) in [7, 11) is 0. The minimum Gasteiger partial charge on any atom is -0.463 e. The third-order valence-electron chi connectivity index (χ3n) is 4.77. The molecule has 0 aliphatic rings. The van der Waals surface area contributed by atoms with Crippen LogP contribution in [0, 0.1) is 6.92 Å². The highest BCUT2D eigenvalue weighted by Gasteiger charge is 2.23. The number of carbonyl (C=O) groups excluding carboxylic acids is 1. The lowest BCUT2D eigenvalue weighted by Gasteiger charge is -2.18. The Labute approximate surface area is 169 Å². The number of rotatable bonds is 5. The summed E-state index contributed by atoms with van der Waals surface area (Å²) in [6.45, 7) is 4.05. The zero-order valence-corrected chi connectivity index (χ0v) is 17.1. The van der Waals surface area contributed by atoms with E-state index in [1.165, 1.54) is 4.68 Å². The molecule has 0 aliphatic carbocycles. The molecule has 0 bridgehead atoms. The molecule has 1 aromatic carbocycles. The largest absolute Gasteiger partial charge is 0.463 e. The Hall–Kier alpha value is -2.87. The number of amides is 1. The maximum atomic E-state index is 13.0. The van der Waals surface area contributed by atoms with Gasteiger partial charge >= 0.3 is 0 Å². The van der Waals surface area contributed by atoms with Gasteiger partial charge in [-0.15, -0.1) is 0 Å². The molecule has 0 radical (unpaired) electrons. The first kappa shape index (κ1) is 18.5. The van der Waals surface area contributed by atoms with Gasteiger partial charge in [-0.3, -0.25) is 14.0 Å². The van der Waals surface area contributed by atoms with Gasteiger partial charge in [0.15, 0.2) is 5.58 Å². The zero-order chi connectivity index (χ0) is 19.8. The molecule has 3 aromatic heterocycles.